The fourth-order valence-corrected chi connectivity index (χ4v) is 3.01. The zero-order valence-corrected chi connectivity index (χ0v) is 10.7. The topological polar surface area (TPSA) is 92.4 Å². The van der Waals surface area contributed by atoms with Gasteiger partial charge < -0.3 is 16.2 Å². The summed E-state index contributed by atoms with van der Waals surface area (Å²) in [5.41, 5.74) is 5.33. The summed E-state index contributed by atoms with van der Waals surface area (Å²) < 4.78 is 0. The molecule has 2 aliphatic carbocycles. The predicted octanol–water partition coefficient (Wildman–Crippen LogP) is 0.875. The number of carbonyl (C=O) groups is 2. The highest BCUT2D eigenvalue weighted by Crippen LogP contribution is 2.40. The number of nitrogens with two attached hydrogens (primary N) is 1. The van der Waals surface area contributed by atoms with Gasteiger partial charge in [0, 0.05) is 12.6 Å². The summed E-state index contributed by atoms with van der Waals surface area (Å²) in [4.78, 5) is 23.2. The van der Waals surface area contributed by atoms with E-state index in [1.807, 2.05) is 0 Å². The standard InChI is InChI=1S/C13H22N2O3/c14-8-13(5-2-6-13)12(18)15-10-4-1-3-9(7-10)11(16)17/h9-10H,1-8,14H2,(H,15,18)(H,16,17). The number of rotatable bonds is 4. The Balaban J connectivity index is 1.89. The lowest BCUT2D eigenvalue weighted by molar-refractivity contribution is -0.144. The average molecular weight is 254 g/mol. The summed E-state index contributed by atoms with van der Waals surface area (Å²) in [6.07, 6.45) is 5.83. The number of hydrogen-bond acceptors (Lipinski definition) is 3. The molecule has 0 aromatic rings. The SMILES string of the molecule is NCC1(C(=O)NC2CCCC(C(=O)O)C2)CCC1. The van der Waals surface area contributed by atoms with E-state index in [1.54, 1.807) is 0 Å². The Morgan fingerprint density at radius 2 is 2.00 bits per heavy atom. The van der Waals surface area contributed by atoms with Crippen LogP contribution in [0, 0.1) is 11.3 Å². The van der Waals surface area contributed by atoms with Crippen LogP contribution in [0.15, 0.2) is 0 Å². The van der Waals surface area contributed by atoms with Crippen LogP contribution in [0.1, 0.15) is 44.9 Å². The van der Waals surface area contributed by atoms with E-state index in [4.69, 9.17) is 10.8 Å². The van der Waals surface area contributed by atoms with E-state index >= 15 is 0 Å². The minimum Gasteiger partial charge on any atom is -0.481 e. The first-order valence-corrected chi connectivity index (χ1v) is 6.81. The summed E-state index contributed by atoms with van der Waals surface area (Å²) >= 11 is 0. The van der Waals surface area contributed by atoms with E-state index in [1.165, 1.54) is 0 Å². The minimum absolute atomic E-state index is 0.0105. The van der Waals surface area contributed by atoms with Crippen LogP contribution in [0.25, 0.3) is 0 Å². The second-order valence-corrected chi connectivity index (χ2v) is 5.71. The summed E-state index contributed by atoms with van der Waals surface area (Å²) in [5, 5.41) is 12.0. The van der Waals surface area contributed by atoms with Gasteiger partial charge in [0.15, 0.2) is 0 Å². The molecule has 5 heteroatoms. The van der Waals surface area contributed by atoms with Gasteiger partial charge in [0.25, 0.3) is 0 Å². The lowest BCUT2D eigenvalue weighted by atomic mass is 9.68. The molecule has 2 atom stereocenters. The number of carboxylic acids is 1. The molecule has 2 aliphatic rings. The molecule has 2 rings (SSSR count). The van der Waals surface area contributed by atoms with E-state index in [-0.39, 0.29) is 23.3 Å². The van der Waals surface area contributed by atoms with Crippen molar-refractivity contribution in [1.29, 1.82) is 0 Å². The highest BCUT2D eigenvalue weighted by Gasteiger charge is 2.43. The van der Waals surface area contributed by atoms with Crippen LogP contribution in [0.2, 0.25) is 0 Å². The van der Waals surface area contributed by atoms with Crippen molar-refractivity contribution in [2.24, 2.45) is 17.1 Å². The van der Waals surface area contributed by atoms with Crippen molar-refractivity contribution in [1.82, 2.24) is 5.32 Å². The zero-order valence-electron chi connectivity index (χ0n) is 10.7. The molecule has 0 radical (unpaired) electrons. The summed E-state index contributed by atoms with van der Waals surface area (Å²) in [7, 11) is 0. The van der Waals surface area contributed by atoms with Crippen molar-refractivity contribution in [3.8, 4) is 0 Å². The van der Waals surface area contributed by atoms with Gasteiger partial charge in [-0.1, -0.05) is 12.8 Å². The lowest BCUT2D eigenvalue weighted by Crippen LogP contribution is -2.53. The number of carbonyl (C=O) groups excluding carboxylic acids is 1. The molecule has 0 aliphatic heterocycles. The Morgan fingerprint density at radius 1 is 1.28 bits per heavy atom. The molecule has 2 unspecified atom stereocenters. The fraction of sp³-hybridized carbons (Fsp3) is 0.846. The molecule has 18 heavy (non-hydrogen) atoms. The zero-order chi connectivity index (χ0) is 13.2. The summed E-state index contributed by atoms with van der Waals surface area (Å²) in [6, 6.07) is 0.0105. The van der Waals surface area contributed by atoms with E-state index in [0.29, 0.717) is 13.0 Å². The number of hydrogen-bond donors (Lipinski definition) is 3. The second kappa shape index (κ2) is 5.26. The summed E-state index contributed by atoms with van der Waals surface area (Å²) in [6.45, 7) is 0.397. The quantitative estimate of drug-likeness (QED) is 0.694. The van der Waals surface area contributed by atoms with Crippen molar-refractivity contribution in [2.75, 3.05) is 6.54 Å². The van der Waals surface area contributed by atoms with Crippen LogP contribution < -0.4 is 11.1 Å². The van der Waals surface area contributed by atoms with Gasteiger partial charge in [-0.2, -0.15) is 0 Å². The highest BCUT2D eigenvalue weighted by molar-refractivity contribution is 5.84. The van der Waals surface area contributed by atoms with Gasteiger partial charge in [-0.25, -0.2) is 0 Å². The van der Waals surface area contributed by atoms with Gasteiger partial charge in [-0.3, -0.25) is 9.59 Å². The van der Waals surface area contributed by atoms with Crippen LogP contribution in [0.4, 0.5) is 0 Å². The number of amides is 1. The molecule has 1 amide bonds. The van der Waals surface area contributed by atoms with Crippen molar-refractivity contribution >= 4 is 11.9 Å². The monoisotopic (exact) mass is 254 g/mol. The molecule has 4 N–H and O–H groups in total. The van der Waals surface area contributed by atoms with Gasteiger partial charge >= 0.3 is 5.97 Å². The number of nitrogens with one attached hydrogen (secondary N) is 1. The average Bonchev–Trinajstić information content (AvgIpc) is 2.28. The van der Waals surface area contributed by atoms with Crippen molar-refractivity contribution in [3.63, 3.8) is 0 Å². The van der Waals surface area contributed by atoms with Crippen LogP contribution in [0.5, 0.6) is 0 Å². The van der Waals surface area contributed by atoms with E-state index in [9.17, 15) is 9.59 Å². The summed E-state index contributed by atoms with van der Waals surface area (Å²) in [5.74, 6) is -1.02. The minimum atomic E-state index is -0.744. The molecule has 0 saturated heterocycles. The molecule has 0 aromatic heterocycles. The first-order valence-electron chi connectivity index (χ1n) is 6.81. The first-order chi connectivity index (χ1) is 8.57. The Labute approximate surface area is 107 Å². The van der Waals surface area contributed by atoms with Crippen LogP contribution in [-0.2, 0) is 9.59 Å². The number of carboxylic acid groups (broad SMARTS) is 1. The third kappa shape index (κ3) is 2.51. The fourth-order valence-electron chi connectivity index (χ4n) is 3.01. The molecular weight excluding hydrogens is 232 g/mol. The Kier molecular flexibility index (Phi) is 3.90. The molecule has 2 saturated carbocycles. The molecule has 2 fully saturated rings. The van der Waals surface area contributed by atoms with E-state index < -0.39 is 5.97 Å². The maximum absolute atomic E-state index is 12.2. The third-order valence-electron chi connectivity index (χ3n) is 4.54. The van der Waals surface area contributed by atoms with Crippen LogP contribution in [0.3, 0.4) is 0 Å². The molecule has 5 nitrogen and oxygen atoms in total. The highest BCUT2D eigenvalue weighted by atomic mass is 16.4. The van der Waals surface area contributed by atoms with Crippen molar-refractivity contribution < 1.29 is 14.7 Å². The first kappa shape index (κ1) is 13.3. The predicted molar refractivity (Wildman–Crippen MR) is 66.9 cm³/mol. The van der Waals surface area contributed by atoms with Gasteiger partial charge in [0.2, 0.25) is 5.91 Å². The maximum atomic E-state index is 12.2. The molecule has 0 aromatic carbocycles. The smallest absolute Gasteiger partial charge is 0.306 e. The largest absolute Gasteiger partial charge is 0.481 e. The normalized spacial score (nSPS) is 30.3. The Bertz CT molecular complexity index is 334. The molecule has 0 bridgehead atoms. The van der Waals surface area contributed by atoms with E-state index in [2.05, 4.69) is 5.32 Å². The van der Waals surface area contributed by atoms with Gasteiger partial charge in [-0.15, -0.1) is 0 Å². The molecule has 102 valence electrons. The Hall–Kier alpha value is -1.10. The van der Waals surface area contributed by atoms with Crippen LogP contribution in [-0.4, -0.2) is 29.6 Å². The van der Waals surface area contributed by atoms with Crippen LogP contribution >= 0.6 is 0 Å². The van der Waals surface area contributed by atoms with Crippen molar-refractivity contribution in [2.45, 2.75) is 51.0 Å². The van der Waals surface area contributed by atoms with Crippen molar-refractivity contribution in [3.05, 3.63) is 0 Å². The van der Waals surface area contributed by atoms with E-state index in [0.717, 1.165) is 38.5 Å². The molecule has 0 heterocycles. The third-order valence-corrected chi connectivity index (χ3v) is 4.54. The second-order valence-electron chi connectivity index (χ2n) is 5.71. The Morgan fingerprint density at radius 3 is 2.50 bits per heavy atom. The van der Waals surface area contributed by atoms with Gasteiger partial charge in [0.05, 0.1) is 11.3 Å². The van der Waals surface area contributed by atoms with Gasteiger partial charge in [-0.05, 0) is 32.1 Å². The lowest BCUT2D eigenvalue weighted by Gasteiger charge is -2.41. The van der Waals surface area contributed by atoms with Gasteiger partial charge in [0.1, 0.15) is 0 Å². The maximum Gasteiger partial charge on any atom is 0.306 e. The molecular formula is C13H22N2O3. The molecule has 0 spiro atoms. The number of aliphatic carboxylic acids is 1.